The maximum Gasteiger partial charge on any atom is 0.223 e. The Morgan fingerprint density at radius 1 is 1.04 bits per heavy atom. The molecule has 0 aliphatic heterocycles. The molecule has 2 rings (SSSR count). The lowest BCUT2D eigenvalue weighted by molar-refractivity contribution is -0.122. The van der Waals surface area contributed by atoms with Gasteiger partial charge in [-0.3, -0.25) is 4.79 Å². The molecule has 0 fully saturated rings. The van der Waals surface area contributed by atoms with Crippen LogP contribution in [-0.4, -0.2) is 19.6 Å². The van der Waals surface area contributed by atoms with Crippen LogP contribution in [0.1, 0.15) is 37.4 Å². The lowest BCUT2D eigenvalue weighted by Crippen LogP contribution is -2.27. The Bertz CT molecular complexity index is 635. The molecule has 0 radical (unpaired) electrons. The highest BCUT2D eigenvalue weighted by Gasteiger charge is 2.09. The van der Waals surface area contributed by atoms with E-state index in [4.69, 9.17) is 9.47 Å². The van der Waals surface area contributed by atoms with E-state index in [2.05, 4.69) is 36.5 Å². The lowest BCUT2D eigenvalue weighted by Gasteiger charge is -2.15. The summed E-state index contributed by atoms with van der Waals surface area (Å²) in [5.41, 5.74) is 2.40. The number of hydrogen-bond donors (Lipinski definition) is 1. The molecule has 4 heteroatoms. The molecule has 0 heterocycles. The van der Waals surface area contributed by atoms with Gasteiger partial charge in [0.05, 0.1) is 26.2 Å². The number of methoxy groups -OCH3 is 1. The molecule has 24 heavy (non-hydrogen) atoms. The van der Waals surface area contributed by atoms with Crippen LogP contribution in [0, 0.1) is 0 Å². The van der Waals surface area contributed by atoms with Crippen molar-refractivity contribution < 1.29 is 14.3 Å². The van der Waals surface area contributed by atoms with Crippen LogP contribution in [0.5, 0.6) is 11.5 Å². The number of carbonyl (C=O) groups excluding carboxylic acids is 1. The molecular weight excluding hydrogens is 302 g/mol. The second-order valence-electron chi connectivity index (χ2n) is 5.66. The van der Waals surface area contributed by atoms with Gasteiger partial charge >= 0.3 is 0 Å². The Balaban J connectivity index is 1.75. The molecule has 0 aromatic heterocycles. The summed E-state index contributed by atoms with van der Waals surface area (Å²) in [6.07, 6.45) is 1.34. The third-order valence-electron chi connectivity index (χ3n) is 3.92. The van der Waals surface area contributed by atoms with Crippen LogP contribution in [0.3, 0.4) is 0 Å². The summed E-state index contributed by atoms with van der Waals surface area (Å²) < 4.78 is 10.7. The third-order valence-corrected chi connectivity index (χ3v) is 3.92. The molecule has 0 saturated carbocycles. The summed E-state index contributed by atoms with van der Waals surface area (Å²) in [6.45, 7) is 4.46. The number of ether oxygens (including phenoxy) is 2. The first-order valence-electron chi connectivity index (χ1n) is 8.27. The maximum absolute atomic E-state index is 12.0. The maximum atomic E-state index is 12.0. The first kappa shape index (κ1) is 17.9. The molecule has 1 unspecified atom stereocenters. The summed E-state index contributed by atoms with van der Waals surface area (Å²) >= 11 is 0. The second-order valence-corrected chi connectivity index (χ2v) is 5.66. The lowest BCUT2D eigenvalue weighted by atomic mass is 10.0. The van der Waals surface area contributed by atoms with Gasteiger partial charge in [0.1, 0.15) is 11.5 Å². The number of carbonyl (C=O) groups is 1. The SMILES string of the molecule is CCc1ccc(C(C)NC(=O)CCOc2ccc(OC)cc2)cc1. The van der Waals surface area contributed by atoms with Crippen LogP contribution in [0.15, 0.2) is 48.5 Å². The number of rotatable bonds is 8. The fourth-order valence-corrected chi connectivity index (χ4v) is 2.37. The minimum Gasteiger partial charge on any atom is -0.497 e. The van der Waals surface area contributed by atoms with E-state index in [0.29, 0.717) is 13.0 Å². The highest BCUT2D eigenvalue weighted by Crippen LogP contribution is 2.17. The molecule has 0 spiro atoms. The van der Waals surface area contributed by atoms with Crippen molar-refractivity contribution in [2.24, 2.45) is 0 Å². The van der Waals surface area contributed by atoms with E-state index >= 15 is 0 Å². The first-order chi connectivity index (χ1) is 11.6. The molecule has 0 saturated heterocycles. The van der Waals surface area contributed by atoms with Crippen molar-refractivity contribution in [3.05, 3.63) is 59.7 Å². The zero-order chi connectivity index (χ0) is 17.4. The molecule has 2 aromatic carbocycles. The van der Waals surface area contributed by atoms with E-state index in [0.717, 1.165) is 23.5 Å². The van der Waals surface area contributed by atoms with Crippen molar-refractivity contribution in [3.8, 4) is 11.5 Å². The standard InChI is InChI=1S/C20H25NO3/c1-4-16-5-7-17(8-6-16)15(2)21-20(22)13-14-24-19-11-9-18(23-3)10-12-19/h5-12,15H,4,13-14H2,1-3H3,(H,21,22). The fourth-order valence-electron chi connectivity index (χ4n) is 2.37. The molecule has 128 valence electrons. The number of amides is 1. The first-order valence-corrected chi connectivity index (χ1v) is 8.27. The average Bonchev–Trinajstić information content (AvgIpc) is 2.62. The van der Waals surface area contributed by atoms with Gasteiger partial charge in [0.15, 0.2) is 0 Å². The van der Waals surface area contributed by atoms with Crippen LogP contribution in [0.2, 0.25) is 0 Å². The van der Waals surface area contributed by atoms with Gasteiger partial charge < -0.3 is 14.8 Å². The molecular formula is C20H25NO3. The summed E-state index contributed by atoms with van der Waals surface area (Å²) in [5.74, 6) is 1.49. The molecule has 1 N–H and O–H groups in total. The van der Waals surface area contributed by atoms with Gasteiger partial charge in [-0.05, 0) is 48.7 Å². The van der Waals surface area contributed by atoms with Gasteiger partial charge in [-0.25, -0.2) is 0 Å². The summed E-state index contributed by atoms with van der Waals surface area (Å²) in [5, 5.41) is 3.00. The molecule has 0 aliphatic carbocycles. The molecule has 0 aliphatic rings. The van der Waals surface area contributed by atoms with E-state index in [-0.39, 0.29) is 11.9 Å². The average molecular weight is 327 g/mol. The van der Waals surface area contributed by atoms with Crippen molar-refractivity contribution in [2.75, 3.05) is 13.7 Å². The minimum atomic E-state index is -0.0180. The van der Waals surface area contributed by atoms with Crippen LogP contribution in [-0.2, 0) is 11.2 Å². The summed E-state index contributed by atoms with van der Waals surface area (Å²) in [6, 6.07) is 15.6. The molecule has 0 bridgehead atoms. The van der Waals surface area contributed by atoms with E-state index in [1.165, 1.54) is 5.56 Å². The minimum absolute atomic E-state index is 0.00982. The molecule has 1 amide bonds. The van der Waals surface area contributed by atoms with Crippen LogP contribution < -0.4 is 14.8 Å². The predicted molar refractivity (Wildman–Crippen MR) is 95.5 cm³/mol. The Morgan fingerprint density at radius 2 is 1.67 bits per heavy atom. The van der Waals surface area contributed by atoms with Gasteiger partial charge in [0.2, 0.25) is 5.91 Å². The van der Waals surface area contributed by atoms with Gasteiger partial charge in [0.25, 0.3) is 0 Å². The topological polar surface area (TPSA) is 47.6 Å². The summed E-state index contributed by atoms with van der Waals surface area (Å²) in [7, 11) is 1.62. The Labute approximate surface area is 143 Å². The molecule has 2 aromatic rings. The van der Waals surface area contributed by atoms with Crippen molar-refractivity contribution in [1.82, 2.24) is 5.32 Å². The van der Waals surface area contributed by atoms with Crippen molar-refractivity contribution in [3.63, 3.8) is 0 Å². The van der Waals surface area contributed by atoms with Crippen LogP contribution in [0.4, 0.5) is 0 Å². The second kappa shape index (κ2) is 8.96. The van der Waals surface area contributed by atoms with E-state index in [9.17, 15) is 4.79 Å². The normalized spacial score (nSPS) is 11.6. The Kier molecular flexibility index (Phi) is 6.67. The number of hydrogen-bond acceptors (Lipinski definition) is 3. The molecule has 4 nitrogen and oxygen atoms in total. The zero-order valence-corrected chi connectivity index (χ0v) is 14.5. The number of benzene rings is 2. The quantitative estimate of drug-likeness (QED) is 0.800. The zero-order valence-electron chi connectivity index (χ0n) is 14.5. The van der Waals surface area contributed by atoms with E-state index < -0.39 is 0 Å². The van der Waals surface area contributed by atoms with Crippen LogP contribution in [0.25, 0.3) is 0 Å². The third kappa shape index (κ3) is 5.30. The highest BCUT2D eigenvalue weighted by atomic mass is 16.5. The highest BCUT2D eigenvalue weighted by molar-refractivity contribution is 5.76. The Hall–Kier alpha value is -2.49. The van der Waals surface area contributed by atoms with Gasteiger partial charge in [-0.1, -0.05) is 31.2 Å². The van der Waals surface area contributed by atoms with E-state index in [1.807, 2.05) is 31.2 Å². The van der Waals surface area contributed by atoms with Crippen molar-refractivity contribution >= 4 is 5.91 Å². The van der Waals surface area contributed by atoms with Gasteiger partial charge in [-0.15, -0.1) is 0 Å². The van der Waals surface area contributed by atoms with Gasteiger partial charge in [0, 0.05) is 0 Å². The monoisotopic (exact) mass is 327 g/mol. The fraction of sp³-hybridized carbons (Fsp3) is 0.350. The molecule has 1 atom stereocenters. The smallest absolute Gasteiger partial charge is 0.223 e. The van der Waals surface area contributed by atoms with Gasteiger partial charge in [-0.2, -0.15) is 0 Å². The Morgan fingerprint density at radius 3 is 2.25 bits per heavy atom. The van der Waals surface area contributed by atoms with E-state index in [1.54, 1.807) is 7.11 Å². The largest absolute Gasteiger partial charge is 0.497 e. The number of nitrogens with one attached hydrogen (secondary N) is 1. The predicted octanol–water partition coefficient (Wildman–Crippen LogP) is 3.90. The van der Waals surface area contributed by atoms with Crippen molar-refractivity contribution in [2.45, 2.75) is 32.7 Å². The van der Waals surface area contributed by atoms with Crippen molar-refractivity contribution in [1.29, 1.82) is 0 Å². The van der Waals surface area contributed by atoms with Crippen LogP contribution >= 0.6 is 0 Å². The number of aryl methyl sites for hydroxylation is 1. The summed E-state index contributed by atoms with van der Waals surface area (Å²) in [4.78, 5) is 12.0.